The topological polar surface area (TPSA) is 79.9 Å². The predicted octanol–water partition coefficient (Wildman–Crippen LogP) is 0.750. The standard InChI is InChI=1S/C9H17N5/c1-7(2)9(10)11-5-3-4-8-12-6-13-14-8/h6-7H,3-5H2,1-2H3,(H2,10,11)(H,12,13,14). The highest BCUT2D eigenvalue weighted by atomic mass is 15.2. The molecule has 0 saturated heterocycles. The monoisotopic (exact) mass is 195 g/mol. The van der Waals surface area contributed by atoms with Crippen LogP contribution >= 0.6 is 0 Å². The van der Waals surface area contributed by atoms with Gasteiger partial charge in [-0.3, -0.25) is 10.1 Å². The minimum atomic E-state index is 0.334. The molecule has 0 aliphatic heterocycles. The van der Waals surface area contributed by atoms with Crippen LogP contribution in [0.1, 0.15) is 26.1 Å². The number of nitrogens with one attached hydrogen (secondary N) is 1. The first-order chi connectivity index (χ1) is 6.70. The van der Waals surface area contributed by atoms with E-state index in [1.807, 2.05) is 13.8 Å². The lowest BCUT2D eigenvalue weighted by atomic mass is 10.2. The van der Waals surface area contributed by atoms with Crippen LogP contribution in [0.3, 0.4) is 0 Å². The number of amidine groups is 1. The van der Waals surface area contributed by atoms with Crippen molar-refractivity contribution in [3.63, 3.8) is 0 Å². The molecule has 1 aromatic heterocycles. The Bertz CT molecular complexity index is 275. The molecule has 5 nitrogen and oxygen atoms in total. The molecule has 5 heteroatoms. The summed E-state index contributed by atoms with van der Waals surface area (Å²) in [4.78, 5) is 8.28. The largest absolute Gasteiger partial charge is 0.387 e. The van der Waals surface area contributed by atoms with Crippen LogP contribution in [0.5, 0.6) is 0 Å². The van der Waals surface area contributed by atoms with Crippen LogP contribution in [-0.4, -0.2) is 27.6 Å². The summed E-state index contributed by atoms with van der Waals surface area (Å²) in [5.74, 6) is 1.96. The molecule has 0 bridgehead atoms. The number of aromatic nitrogens is 3. The van der Waals surface area contributed by atoms with Crippen LogP contribution in [-0.2, 0) is 6.42 Å². The molecule has 1 heterocycles. The maximum absolute atomic E-state index is 5.69. The van der Waals surface area contributed by atoms with Gasteiger partial charge in [0.1, 0.15) is 12.2 Å². The fourth-order valence-corrected chi connectivity index (χ4v) is 0.988. The molecule has 0 spiro atoms. The van der Waals surface area contributed by atoms with Gasteiger partial charge in [-0.15, -0.1) is 0 Å². The van der Waals surface area contributed by atoms with Crippen LogP contribution in [0.4, 0.5) is 0 Å². The van der Waals surface area contributed by atoms with Gasteiger partial charge in [0.2, 0.25) is 0 Å². The molecule has 3 N–H and O–H groups in total. The van der Waals surface area contributed by atoms with Crippen molar-refractivity contribution in [2.24, 2.45) is 16.6 Å². The lowest BCUT2D eigenvalue weighted by Gasteiger charge is -2.02. The van der Waals surface area contributed by atoms with E-state index in [-0.39, 0.29) is 0 Å². The molecule has 0 amide bonds. The smallest absolute Gasteiger partial charge is 0.137 e. The number of nitrogens with zero attached hydrogens (tertiary/aromatic N) is 3. The van der Waals surface area contributed by atoms with Crippen molar-refractivity contribution in [2.75, 3.05) is 6.54 Å². The van der Waals surface area contributed by atoms with Gasteiger partial charge in [-0.1, -0.05) is 13.8 Å². The molecule has 78 valence electrons. The highest BCUT2D eigenvalue weighted by Crippen LogP contribution is 1.96. The molecular weight excluding hydrogens is 178 g/mol. The number of aromatic amines is 1. The van der Waals surface area contributed by atoms with Gasteiger partial charge in [0.15, 0.2) is 0 Å². The van der Waals surface area contributed by atoms with Crippen LogP contribution in [0.25, 0.3) is 0 Å². The SMILES string of the molecule is CC(C)C(N)=NCCCc1ncn[nH]1. The minimum Gasteiger partial charge on any atom is -0.387 e. The van der Waals surface area contributed by atoms with Gasteiger partial charge >= 0.3 is 0 Å². The van der Waals surface area contributed by atoms with E-state index < -0.39 is 0 Å². The summed E-state index contributed by atoms with van der Waals surface area (Å²) in [6.45, 7) is 4.83. The molecule has 0 fully saturated rings. The van der Waals surface area contributed by atoms with E-state index in [2.05, 4.69) is 20.2 Å². The maximum Gasteiger partial charge on any atom is 0.137 e. The van der Waals surface area contributed by atoms with Crippen LogP contribution in [0.2, 0.25) is 0 Å². The van der Waals surface area contributed by atoms with Crippen molar-refractivity contribution in [2.45, 2.75) is 26.7 Å². The van der Waals surface area contributed by atoms with Gasteiger partial charge in [0, 0.05) is 18.9 Å². The van der Waals surface area contributed by atoms with Crippen molar-refractivity contribution < 1.29 is 0 Å². The zero-order valence-corrected chi connectivity index (χ0v) is 8.70. The molecule has 0 aliphatic rings. The van der Waals surface area contributed by atoms with E-state index in [4.69, 9.17) is 5.73 Å². The Balaban J connectivity index is 2.19. The summed E-state index contributed by atoms with van der Waals surface area (Å²) in [6.07, 6.45) is 3.33. The van der Waals surface area contributed by atoms with Gasteiger partial charge in [0.05, 0.1) is 5.84 Å². The first-order valence-electron chi connectivity index (χ1n) is 4.84. The zero-order valence-electron chi connectivity index (χ0n) is 8.70. The number of aryl methyl sites for hydroxylation is 1. The zero-order chi connectivity index (χ0) is 10.4. The van der Waals surface area contributed by atoms with E-state index >= 15 is 0 Å². The van der Waals surface area contributed by atoms with Gasteiger partial charge in [-0.2, -0.15) is 5.10 Å². The first-order valence-corrected chi connectivity index (χ1v) is 4.84. The number of H-pyrrole nitrogens is 1. The van der Waals surface area contributed by atoms with Crippen molar-refractivity contribution in [3.05, 3.63) is 12.2 Å². The van der Waals surface area contributed by atoms with Crippen molar-refractivity contribution in [1.29, 1.82) is 0 Å². The summed E-state index contributed by atoms with van der Waals surface area (Å²) in [6, 6.07) is 0. The lowest BCUT2D eigenvalue weighted by Crippen LogP contribution is -2.19. The number of hydrogen-bond donors (Lipinski definition) is 2. The number of hydrogen-bond acceptors (Lipinski definition) is 3. The Labute approximate surface area is 83.8 Å². The second kappa shape index (κ2) is 5.36. The molecule has 1 rings (SSSR count). The molecule has 0 atom stereocenters. The van der Waals surface area contributed by atoms with Crippen LogP contribution in [0.15, 0.2) is 11.3 Å². The minimum absolute atomic E-state index is 0.334. The Hall–Kier alpha value is -1.39. The maximum atomic E-state index is 5.69. The molecule has 0 aliphatic carbocycles. The summed E-state index contributed by atoms with van der Waals surface area (Å²) in [7, 11) is 0. The third-order valence-electron chi connectivity index (χ3n) is 1.92. The van der Waals surface area contributed by atoms with E-state index in [0.717, 1.165) is 31.0 Å². The van der Waals surface area contributed by atoms with Crippen molar-refractivity contribution >= 4 is 5.84 Å². The molecule has 1 aromatic rings. The number of rotatable bonds is 5. The Morgan fingerprint density at radius 2 is 2.43 bits per heavy atom. The van der Waals surface area contributed by atoms with Gasteiger partial charge in [-0.25, -0.2) is 4.98 Å². The second-order valence-electron chi connectivity index (χ2n) is 3.50. The Morgan fingerprint density at radius 1 is 1.64 bits per heavy atom. The highest BCUT2D eigenvalue weighted by molar-refractivity contribution is 5.82. The van der Waals surface area contributed by atoms with E-state index in [9.17, 15) is 0 Å². The summed E-state index contributed by atoms with van der Waals surface area (Å²) >= 11 is 0. The third-order valence-corrected chi connectivity index (χ3v) is 1.92. The molecule has 14 heavy (non-hydrogen) atoms. The number of aliphatic imine (C=N–C) groups is 1. The van der Waals surface area contributed by atoms with Crippen molar-refractivity contribution in [1.82, 2.24) is 15.2 Å². The van der Waals surface area contributed by atoms with Crippen LogP contribution in [0, 0.1) is 5.92 Å². The highest BCUT2D eigenvalue weighted by Gasteiger charge is 1.98. The molecule has 0 saturated carbocycles. The van der Waals surface area contributed by atoms with Gasteiger partial charge in [-0.05, 0) is 6.42 Å². The van der Waals surface area contributed by atoms with Gasteiger partial charge in [0.25, 0.3) is 0 Å². The molecular formula is C9H17N5. The quantitative estimate of drug-likeness (QED) is 0.413. The fraction of sp³-hybridized carbons (Fsp3) is 0.667. The third kappa shape index (κ3) is 3.55. The predicted molar refractivity (Wildman–Crippen MR) is 56.0 cm³/mol. The molecule has 0 unspecified atom stereocenters. The normalized spacial score (nSPS) is 12.4. The van der Waals surface area contributed by atoms with Crippen LogP contribution < -0.4 is 5.73 Å². The van der Waals surface area contributed by atoms with E-state index in [1.165, 1.54) is 6.33 Å². The van der Waals surface area contributed by atoms with Crippen molar-refractivity contribution in [3.8, 4) is 0 Å². The first kappa shape index (κ1) is 10.7. The average Bonchev–Trinajstić information content (AvgIpc) is 2.64. The Kier molecular flexibility index (Phi) is 4.10. The van der Waals surface area contributed by atoms with E-state index in [0.29, 0.717) is 5.92 Å². The summed E-state index contributed by atoms with van der Waals surface area (Å²) < 4.78 is 0. The molecule has 0 aromatic carbocycles. The number of nitrogens with two attached hydrogens (primary N) is 1. The summed E-state index contributed by atoms with van der Waals surface area (Å²) in [5.41, 5.74) is 5.69. The molecule has 0 radical (unpaired) electrons. The second-order valence-corrected chi connectivity index (χ2v) is 3.50. The average molecular weight is 195 g/mol. The Morgan fingerprint density at radius 3 is 3.00 bits per heavy atom. The van der Waals surface area contributed by atoms with E-state index in [1.54, 1.807) is 0 Å². The van der Waals surface area contributed by atoms with Gasteiger partial charge < -0.3 is 5.73 Å². The lowest BCUT2D eigenvalue weighted by molar-refractivity contribution is 0.772. The fourth-order valence-electron chi connectivity index (χ4n) is 0.988. The summed E-state index contributed by atoms with van der Waals surface area (Å²) in [5, 5.41) is 6.57.